The second-order valence-corrected chi connectivity index (χ2v) is 6.08. The largest absolute Gasteiger partial charge is 0.465 e. The van der Waals surface area contributed by atoms with Crippen LogP contribution in [0.15, 0.2) is 36.4 Å². The van der Waals surface area contributed by atoms with E-state index in [2.05, 4.69) is 5.32 Å². The maximum Gasteiger partial charge on any atom is 0.337 e. The molecule has 1 fully saturated rings. The van der Waals surface area contributed by atoms with Gasteiger partial charge in [0.25, 0.3) is 5.91 Å². The van der Waals surface area contributed by atoms with Crippen LogP contribution in [0.2, 0.25) is 0 Å². The van der Waals surface area contributed by atoms with E-state index < -0.39 is 17.7 Å². The zero-order valence-corrected chi connectivity index (χ0v) is 15.2. The van der Waals surface area contributed by atoms with Gasteiger partial charge in [0.05, 0.1) is 54.5 Å². The molecule has 2 aromatic carbocycles. The number of halogens is 1. The molecular weight excluding hydrogens is 365 g/mol. The van der Waals surface area contributed by atoms with Gasteiger partial charge in [0.1, 0.15) is 5.82 Å². The van der Waals surface area contributed by atoms with E-state index in [1.165, 1.54) is 25.3 Å². The van der Waals surface area contributed by atoms with E-state index in [0.29, 0.717) is 37.7 Å². The topological polar surface area (TPSA) is 91.7 Å². The molecule has 0 radical (unpaired) electrons. The van der Waals surface area contributed by atoms with Gasteiger partial charge in [-0.05, 0) is 36.4 Å². The minimum Gasteiger partial charge on any atom is -0.465 e. The first-order chi connectivity index (χ1) is 13.5. The molecule has 1 aliphatic heterocycles. The number of ether oxygens (including phenoxy) is 2. The molecular formula is C20H18FN3O4. The van der Waals surface area contributed by atoms with Gasteiger partial charge in [-0.1, -0.05) is 0 Å². The van der Waals surface area contributed by atoms with Crippen LogP contribution in [0.5, 0.6) is 0 Å². The Labute approximate surface area is 161 Å². The summed E-state index contributed by atoms with van der Waals surface area (Å²) in [6.07, 6.45) is 0. The minimum absolute atomic E-state index is 0.121. The third-order valence-electron chi connectivity index (χ3n) is 4.36. The third kappa shape index (κ3) is 4.10. The van der Waals surface area contributed by atoms with Gasteiger partial charge in [-0.15, -0.1) is 0 Å². The minimum atomic E-state index is -0.798. The Hall–Kier alpha value is -3.44. The smallest absolute Gasteiger partial charge is 0.337 e. The molecule has 0 spiro atoms. The van der Waals surface area contributed by atoms with Gasteiger partial charge in [-0.2, -0.15) is 5.26 Å². The predicted molar refractivity (Wildman–Crippen MR) is 99.9 cm³/mol. The third-order valence-corrected chi connectivity index (χ3v) is 4.36. The molecule has 1 amide bonds. The average Bonchev–Trinajstić information content (AvgIpc) is 2.73. The normalized spacial score (nSPS) is 13.5. The SMILES string of the molecule is COC(=O)c1ccc(N2CCOCC2)c(NC(=O)c2ccc(C#N)cc2F)c1. The van der Waals surface area contributed by atoms with E-state index in [-0.39, 0.29) is 16.7 Å². The zero-order chi connectivity index (χ0) is 20.1. The molecule has 0 bridgehead atoms. The van der Waals surface area contributed by atoms with Crippen LogP contribution < -0.4 is 10.2 Å². The Morgan fingerprint density at radius 3 is 2.61 bits per heavy atom. The summed E-state index contributed by atoms with van der Waals surface area (Å²) in [6, 6.07) is 10.3. The van der Waals surface area contributed by atoms with Gasteiger partial charge in [0.2, 0.25) is 0 Å². The molecule has 0 unspecified atom stereocenters. The number of hydrogen-bond donors (Lipinski definition) is 1. The van der Waals surface area contributed by atoms with Crippen LogP contribution in [0.25, 0.3) is 0 Å². The molecule has 2 aromatic rings. The molecule has 28 heavy (non-hydrogen) atoms. The molecule has 1 N–H and O–H groups in total. The number of hydrogen-bond acceptors (Lipinski definition) is 6. The number of benzene rings is 2. The molecule has 0 aliphatic carbocycles. The summed E-state index contributed by atoms with van der Waals surface area (Å²) in [5.41, 5.74) is 1.23. The molecule has 3 rings (SSSR count). The van der Waals surface area contributed by atoms with Crippen molar-refractivity contribution in [3.05, 3.63) is 58.9 Å². The number of nitrogens with zero attached hydrogens (tertiary/aromatic N) is 2. The van der Waals surface area contributed by atoms with Crippen molar-refractivity contribution in [2.45, 2.75) is 0 Å². The van der Waals surface area contributed by atoms with Crippen LogP contribution in [-0.2, 0) is 9.47 Å². The second-order valence-electron chi connectivity index (χ2n) is 6.08. The fourth-order valence-corrected chi connectivity index (χ4v) is 2.92. The van der Waals surface area contributed by atoms with Crippen molar-refractivity contribution < 1.29 is 23.5 Å². The van der Waals surface area contributed by atoms with Crippen molar-refractivity contribution in [1.82, 2.24) is 0 Å². The first-order valence-corrected chi connectivity index (χ1v) is 8.59. The van der Waals surface area contributed by atoms with Crippen LogP contribution in [-0.4, -0.2) is 45.3 Å². The first-order valence-electron chi connectivity index (χ1n) is 8.59. The Kier molecular flexibility index (Phi) is 5.87. The van der Waals surface area contributed by atoms with Gasteiger partial charge >= 0.3 is 5.97 Å². The monoisotopic (exact) mass is 383 g/mol. The van der Waals surface area contributed by atoms with Crippen LogP contribution in [0.4, 0.5) is 15.8 Å². The summed E-state index contributed by atoms with van der Waals surface area (Å²) < 4.78 is 24.3. The molecule has 7 nitrogen and oxygen atoms in total. The Morgan fingerprint density at radius 2 is 1.96 bits per heavy atom. The van der Waals surface area contributed by atoms with E-state index in [9.17, 15) is 14.0 Å². The number of nitrogens with one attached hydrogen (secondary N) is 1. The summed E-state index contributed by atoms with van der Waals surface area (Å²) >= 11 is 0. The van der Waals surface area contributed by atoms with Crippen molar-refractivity contribution in [3.8, 4) is 6.07 Å². The first kappa shape index (κ1) is 19.3. The van der Waals surface area contributed by atoms with Gasteiger partial charge in [0.15, 0.2) is 0 Å². The number of carbonyl (C=O) groups excluding carboxylic acids is 2. The highest BCUT2D eigenvalue weighted by Gasteiger charge is 2.20. The predicted octanol–water partition coefficient (Wildman–Crippen LogP) is 2.57. The lowest BCUT2D eigenvalue weighted by molar-refractivity contribution is 0.0600. The summed E-state index contributed by atoms with van der Waals surface area (Å²) in [7, 11) is 1.27. The fraction of sp³-hybridized carbons (Fsp3) is 0.250. The summed E-state index contributed by atoms with van der Waals surface area (Å²) in [5, 5.41) is 11.5. The highest BCUT2D eigenvalue weighted by Crippen LogP contribution is 2.29. The molecule has 1 heterocycles. The maximum absolute atomic E-state index is 14.2. The van der Waals surface area contributed by atoms with E-state index in [0.717, 1.165) is 6.07 Å². The molecule has 144 valence electrons. The fourth-order valence-electron chi connectivity index (χ4n) is 2.92. The summed E-state index contributed by atoms with van der Waals surface area (Å²) in [5.74, 6) is -2.03. The molecule has 1 aliphatic rings. The van der Waals surface area contributed by atoms with Crippen LogP contribution in [0, 0.1) is 17.1 Å². The number of nitriles is 1. The Morgan fingerprint density at radius 1 is 1.21 bits per heavy atom. The summed E-state index contributed by atoms with van der Waals surface area (Å²) in [4.78, 5) is 26.5. The molecule has 1 saturated heterocycles. The van der Waals surface area contributed by atoms with Gasteiger partial charge < -0.3 is 19.7 Å². The zero-order valence-electron chi connectivity index (χ0n) is 15.2. The van der Waals surface area contributed by atoms with E-state index in [4.69, 9.17) is 14.7 Å². The quantitative estimate of drug-likeness (QED) is 0.816. The second kappa shape index (κ2) is 8.50. The number of morpholine rings is 1. The molecule has 0 aromatic heterocycles. The Balaban J connectivity index is 1.94. The number of methoxy groups -OCH3 is 1. The van der Waals surface area contributed by atoms with Gasteiger partial charge in [-0.3, -0.25) is 4.79 Å². The number of anilines is 2. The van der Waals surface area contributed by atoms with Crippen molar-refractivity contribution in [2.24, 2.45) is 0 Å². The highest BCUT2D eigenvalue weighted by molar-refractivity contribution is 6.07. The van der Waals surface area contributed by atoms with Crippen molar-refractivity contribution in [1.29, 1.82) is 5.26 Å². The number of carbonyl (C=O) groups is 2. The van der Waals surface area contributed by atoms with Crippen molar-refractivity contribution >= 4 is 23.3 Å². The van der Waals surface area contributed by atoms with Crippen LogP contribution in [0.1, 0.15) is 26.3 Å². The lowest BCUT2D eigenvalue weighted by Gasteiger charge is -2.30. The van der Waals surface area contributed by atoms with E-state index in [1.54, 1.807) is 12.1 Å². The van der Waals surface area contributed by atoms with Gasteiger partial charge in [0, 0.05) is 13.1 Å². The number of rotatable bonds is 4. The average molecular weight is 383 g/mol. The number of esters is 1. The van der Waals surface area contributed by atoms with E-state index >= 15 is 0 Å². The van der Waals surface area contributed by atoms with E-state index in [1.807, 2.05) is 11.0 Å². The maximum atomic E-state index is 14.2. The summed E-state index contributed by atoms with van der Waals surface area (Å²) in [6.45, 7) is 2.31. The molecule has 0 atom stereocenters. The van der Waals surface area contributed by atoms with Crippen molar-refractivity contribution in [2.75, 3.05) is 43.6 Å². The highest BCUT2D eigenvalue weighted by atomic mass is 19.1. The van der Waals surface area contributed by atoms with Gasteiger partial charge in [-0.25, -0.2) is 9.18 Å². The van der Waals surface area contributed by atoms with Crippen molar-refractivity contribution in [3.63, 3.8) is 0 Å². The number of amides is 1. The lowest BCUT2D eigenvalue weighted by atomic mass is 10.1. The van der Waals surface area contributed by atoms with Crippen LogP contribution in [0.3, 0.4) is 0 Å². The molecule has 0 saturated carbocycles. The standard InChI is InChI=1S/C20H18FN3O4/c1-27-20(26)14-3-5-18(24-6-8-28-9-7-24)17(11-14)23-19(25)15-4-2-13(12-22)10-16(15)21/h2-5,10-11H,6-9H2,1H3,(H,23,25). The Bertz CT molecular complexity index is 949. The van der Waals surface area contributed by atoms with Crippen LogP contribution >= 0.6 is 0 Å². The lowest BCUT2D eigenvalue weighted by Crippen LogP contribution is -2.36. The molecule has 8 heteroatoms.